The van der Waals surface area contributed by atoms with Gasteiger partial charge in [-0.25, -0.2) is 4.98 Å². The second-order valence-electron chi connectivity index (χ2n) is 4.55. The molecule has 0 saturated heterocycles. The Bertz CT molecular complexity index is 478. The first-order chi connectivity index (χ1) is 8.33. The summed E-state index contributed by atoms with van der Waals surface area (Å²) in [5, 5.41) is 1.21. The quantitative estimate of drug-likeness (QED) is 0.886. The first kappa shape index (κ1) is 11.1. The van der Waals surface area contributed by atoms with Crippen LogP contribution in [0.4, 0.5) is 0 Å². The molecule has 2 atom stereocenters. The van der Waals surface area contributed by atoms with Gasteiger partial charge >= 0.3 is 0 Å². The van der Waals surface area contributed by atoms with Crippen LogP contribution in [0.15, 0.2) is 33.9 Å². The largest absolute Gasteiger partial charge is 0.431 e. The maximum Gasteiger partial charge on any atom is 0.257 e. The minimum Gasteiger partial charge on any atom is -0.431 e. The molecule has 17 heavy (non-hydrogen) atoms. The zero-order valence-corrected chi connectivity index (χ0v) is 10.5. The van der Waals surface area contributed by atoms with Gasteiger partial charge in [0.25, 0.3) is 5.22 Å². The molecule has 2 unspecified atom stereocenters. The Morgan fingerprint density at radius 2 is 2.06 bits per heavy atom. The molecule has 3 nitrogen and oxygen atoms in total. The van der Waals surface area contributed by atoms with E-state index in [0.717, 1.165) is 22.7 Å². The van der Waals surface area contributed by atoms with Crippen LogP contribution in [0.2, 0.25) is 0 Å². The highest BCUT2D eigenvalue weighted by Gasteiger charge is 2.24. The standard InChI is InChI=1S/C13H16N2OS/c14-9-5-1-4-8-12(9)17-13-15-10-6-2-3-7-11(10)16-13/h2-3,6-7,9,12H,1,4-5,8,14H2. The summed E-state index contributed by atoms with van der Waals surface area (Å²) in [5.74, 6) is 0. The van der Waals surface area contributed by atoms with E-state index in [1.54, 1.807) is 11.8 Å². The van der Waals surface area contributed by atoms with E-state index in [0.29, 0.717) is 5.25 Å². The molecule has 0 spiro atoms. The Morgan fingerprint density at radius 1 is 1.24 bits per heavy atom. The van der Waals surface area contributed by atoms with Crippen LogP contribution in [0.1, 0.15) is 25.7 Å². The lowest BCUT2D eigenvalue weighted by molar-refractivity contribution is 0.443. The molecule has 1 fully saturated rings. The van der Waals surface area contributed by atoms with Crippen LogP contribution >= 0.6 is 11.8 Å². The molecule has 4 heteroatoms. The number of oxazole rings is 1. The Labute approximate surface area is 105 Å². The topological polar surface area (TPSA) is 52.0 Å². The summed E-state index contributed by atoms with van der Waals surface area (Å²) in [6, 6.07) is 8.15. The summed E-state index contributed by atoms with van der Waals surface area (Å²) < 4.78 is 5.72. The minimum absolute atomic E-state index is 0.281. The van der Waals surface area contributed by atoms with Crippen molar-refractivity contribution in [1.29, 1.82) is 0 Å². The molecule has 1 aliphatic carbocycles. The normalized spacial score (nSPS) is 25.2. The maximum atomic E-state index is 6.13. The number of hydrogen-bond donors (Lipinski definition) is 1. The van der Waals surface area contributed by atoms with Crippen molar-refractivity contribution < 1.29 is 4.42 Å². The second kappa shape index (κ2) is 4.70. The number of thioether (sulfide) groups is 1. The van der Waals surface area contributed by atoms with Crippen LogP contribution in [0.3, 0.4) is 0 Å². The maximum absolute atomic E-state index is 6.13. The number of para-hydroxylation sites is 2. The van der Waals surface area contributed by atoms with E-state index in [1.165, 1.54) is 19.3 Å². The number of aromatic nitrogens is 1. The van der Waals surface area contributed by atoms with Gasteiger partial charge in [-0.3, -0.25) is 0 Å². The fourth-order valence-corrected chi connectivity index (χ4v) is 3.45. The Hall–Kier alpha value is -1.00. The fraction of sp³-hybridized carbons (Fsp3) is 0.462. The lowest BCUT2D eigenvalue weighted by Gasteiger charge is -2.26. The molecule has 2 aromatic rings. The van der Waals surface area contributed by atoms with Crippen LogP contribution in [0.5, 0.6) is 0 Å². The van der Waals surface area contributed by atoms with E-state index in [-0.39, 0.29) is 6.04 Å². The van der Waals surface area contributed by atoms with Crippen LogP contribution in [-0.4, -0.2) is 16.3 Å². The molecule has 0 amide bonds. The van der Waals surface area contributed by atoms with E-state index < -0.39 is 0 Å². The zero-order valence-electron chi connectivity index (χ0n) is 9.63. The fourth-order valence-electron chi connectivity index (χ4n) is 2.30. The predicted molar refractivity (Wildman–Crippen MR) is 70.1 cm³/mol. The molecule has 1 aliphatic rings. The molecule has 2 N–H and O–H groups in total. The first-order valence-corrected chi connectivity index (χ1v) is 6.99. The van der Waals surface area contributed by atoms with Crippen molar-refractivity contribution in [3.8, 4) is 0 Å². The summed E-state index contributed by atoms with van der Waals surface area (Å²) in [4.78, 5) is 4.48. The van der Waals surface area contributed by atoms with Gasteiger partial charge in [0, 0.05) is 11.3 Å². The van der Waals surface area contributed by atoms with Crippen molar-refractivity contribution in [1.82, 2.24) is 4.98 Å². The Morgan fingerprint density at radius 3 is 2.88 bits per heavy atom. The SMILES string of the molecule is NC1CCCCC1Sc1nc2ccccc2o1. The zero-order chi connectivity index (χ0) is 11.7. The molecule has 1 aromatic carbocycles. The number of hydrogen-bond acceptors (Lipinski definition) is 4. The van der Waals surface area contributed by atoms with Gasteiger partial charge in [-0.15, -0.1) is 0 Å². The van der Waals surface area contributed by atoms with Crippen molar-refractivity contribution in [3.05, 3.63) is 24.3 Å². The predicted octanol–water partition coefficient (Wildman–Crippen LogP) is 3.19. The number of nitrogens with two attached hydrogens (primary N) is 1. The third-order valence-electron chi connectivity index (χ3n) is 3.28. The van der Waals surface area contributed by atoms with Gasteiger partial charge < -0.3 is 10.2 Å². The van der Waals surface area contributed by atoms with Crippen molar-refractivity contribution >= 4 is 22.9 Å². The van der Waals surface area contributed by atoms with Gasteiger partial charge in [0.15, 0.2) is 5.58 Å². The van der Waals surface area contributed by atoms with Gasteiger partial charge in [0.2, 0.25) is 0 Å². The van der Waals surface area contributed by atoms with E-state index >= 15 is 0 Å². The van der Waals surface area contributed by atoms with E-state index in [1.807, 2.05) is 24.3 Å². The molecule has 3 rings (SSSR count). The van der Waals surface area contributed by atoms with Crippen molar-refractivity contribution in [2.45, 2.75) is 42.2 Å². The van der Waals surface area contributed by atoms with Crippen LogP contribution in [0.25, 0.3) is 11.1 Å². The number of fused-ring (bicyclic) bond motifs is 1. The molecule has 1 saturated carbocycles. The molecule has 0 radical (unpaired) electrons. The summed E-state index contributed by atoms with van der Waals surface area (Å²) in [5.41, 5.74) is 7.92. The average Bonchev–Trinajstić information content (AvgIpc) is 2.74. The van der Waals surface area contributed by atoms with Crippen LogP contribution in [-0.2, 0) is 0 Å². The second-order valence-corrected chi connectivity index (χ2v) is 5.74. The van der Waals surface area contributed by atoms with Gasteiger partial charge in [0.05, 0.1) is 0 Å². The number of nitrogens with zero attached hydrogens (tertiary/aromatic N) is 1. The molecular weight excluding hydrogens is 232 g/mol. The van der Waals surface area contributed by atoms with Crippen molar-refractivity contribution in [2.24, 2.45) is 5.73 Å². The van der Waals surface area contributed by atoms with Crippen molar-refractivity contribution in [2.75, 3.05) is 0 Å². The molecule has 1 aromatic heterocycles. The summed E-state index contributed by atoms with van der Waals surface area (Å²) in [6.45, 7) is 0. The van der Waals surface area contributed by atoms with E-state index in [9.17, 15) is 0 Å². The van der Waals surface area contributed by atoms with Gasteiger partial charge in [-0.05, 0) is 25.0 Å². The molecule has 1 heterocycles. The van der Waals surface area contributed by atoms with Crippen molar-refractivity contribution in [3.63, 3.8) is 0 Å². The lowest BCUT2D eigenvalue weighted by atomic mass is 9.96. The highest BCUT2D eigenvalue weighted by molar-refractivity contribution is 7.99. The number of rotatable bonds is 2. The van der Waals surface area contributed by atoms with E-state index in [2.05, 4.69) is 4.98 Å². The third kappa shape index (κ3) is 2.33. The highest BCUT2D eigenvalue weighted by atomic mass is 32.2. The lowest BCUT2D eigenvalue weighted by Crippen LogP contribution is -2.35. The molecule has 90 valence electrons. The van der Waals surface area contributed by atoms with Crippen LogP contribution in [0, 0.1) is 0 Å². The van der Waals surface area contributed by atoms with Gasteiger partial charge in [-0.1, -0.05) is 36.7 Å². The highest BCUT2D eigenvalue weighted by Crippen LogP contribution is 2.33. The van der Waals surface area contributed by atoms with E-state index in [4.69, 9.17) is 10.2 Å². The summed E-state index contributed by atoms with van der Waals surface area (Å²) in [6.07, 6.45) is 4.82. The number of benzene rings is 1. The van der Waals surface area contributed by atoms with Crippen LogP contribution < -0.4 is 5.73 Å². The Balaban J connectivity index is 1.79. The first-order valence-electron chi connectivity index (χ1n) is 6.11. The molecule has 0 bridgehead atoms. The minimum atomic E-state index is 0.281. The van der Waals surface area contributed by atoms with Gasteiger partial charge in [0.1, 0.15) is 5.52 Å². The molecule has 0 aliphatic heterocycles. The smallest absolute Gasteiger partial charge is 0.257 e. The average molecular weight is 248 g/mol. The summed E-state index contributed by atoms with van der Waals surface area (Å²) >= 11 is 1.70. The monoisotopic (exact) mass is 248 g/mol. The third-order valence-corrected chi connectivity index (χ3v) is 4.54. The summed E-state index contributed by atoms with van der Waals surface area (Å²) in [7, 11) is 0. The molecular formula is C13H16N2OS. The van der Waals surface area contributed by atoms with Gasteiger partial charge in [-0.2, -0.15) is 0 Å². The Kier molecular flexibility index (Phi) is 3.07.